The predicted molar refractivity (Wildman–Crippen MR) is 96.7 cm³/mol. The number of carbonyl (C=O) groups excluding carboxylic acids is 2. The first-order valence-corrected chi connectivity index (χ1v) is 9.53. The van der Waals surface area contributed by atoms with Gasteiger partial charge in [-0.15, -0.1) is 10.2 Å². The van der Waals surface area contributed by atoms with Crippen LogP contribution < -0.4 is 0 Å². The first-order chi connectivity index (χ1) is 13.1. The SMILES string of the molecule is Cn1c(Cn2cccn2)nnc1C1CCCN(C(=O)CN2CCCC2=O)C1. The number of rotatable bonds is 5. The molecular formula is C18H25N7O2. The number of amides is 2. The zero-order valence-corrected chi connectivity index (χ0v) is 15.6. The highest BCUT2D eigenvalue weighted by molar-refractivity contribution is 5.86. The topological polar surface area (TPSA) is 89.2 Å². The van der Waals surface area contributed by atoms with Crippen molar-refractivity contribution in [3.63, 3.8) is 0 Å². The molecule has 4 rings (SSSR count). The van der Waals surface area contributed by atoms with Gasteiger partial charge in [0.05, 0.1) is 6.54 Å². The van der Waals surface area contributed by atoms with Gasteiger partial charge in [0.25, 0.3) is 0 Å². The van der Waals surface area contributed by atoms with Crippen LogP contribution in [0.4, 0.5) is 0 Å². The van der Waals surface area contributed by atoms with Gasteiger partial charge in [-0.1, -0.05) is 0 Å². The Morgan fingerprint density at radius 3 is 2.89 bits per heavy atom. The molecule has 0 radical (unpaired) electrons. The molecule has 0 aliphatic carbocycles. The molecule has 0 saturated carbocycles. The van der Waals surface area contributed by atoms with Crippen molar-refractivity contribution < 1.29 is 9.59 Å². The first kappa shape index (κ1) is 17.7. The minimum atomic E-state index is 0.0360. The summed E-state index contributed by atoms with van der Waals surface area (Å²) in [4.78, 5) is 28.0. The molecule has 2 aromatic rings. The normalized spacial score (nSPS) is 20.5. The van der Waals surface area contributed by atoms with Crippen molar-refractivity contribution in [2.45, 2.75) is 38.1 Å². The largest absolute Gasteiger partial charge is 0.340 e. The van der Waals surface area contributed by atoms with Gasteiger partial charge in [0.1, 0.15) is 12.4 Å². The van der Waals surface area contributed by atoms with E-state index in [-0.39, 0.29) is 24.3 Å². The van der Waals surface area contributed by atoms with Crippen molar-refractivity contribution in [2.75, 3.05) is 26.2 Å². The van der Waals surface area contributed by atoms with E-state index < -0.39 is 0 Å². The van der Waals surface area contributed by atoms with Crippen LogP contribution >= 0.6 is 0 Å². The number of nitrogens with zero attached hydrogens (tertiary/aromatic N) is 7. The summed E-state index contributed by atoms with van der Waals surface area (Å²) in [6.45, 7) is 2.85. The summed E-state index contributed by atoms with van der Waals surface area (Å²) in [5.74, 6) is 2.05. The van der Waals surface area contributed by atoms with E-state index in [0.29, 0.717) is 26.1 Å². The standard InChI is InChI=1S/C18H25N7O2/c1-22-15(12-25-10-4-7-19-25)20-21-18(22)14-5-2-8-23(11-14)17(27)13-24-9-3-6-16(24)26/h4,7,10,14H,2-3,5-6,8-9,11-13H2,1H3. The van der Waals surface area contributed by atoms with Crippen LogP contribution in [-0.4, -0.2) is 72.3 Å². The number of aromatic nitrogens is 5. The second kappa shape index (κ2) is 7.50. The lowest BCUT2D eigenvalue weighted by Crippen LogP contribution is -2.45. The van der Waals surface area contributed by atoms with Gasteiger partial charge in [-0.2, -0.15) is 5.10 Å². The van der Waals surface area contributed by atoms with E-state index in [1.54, 1.807) is 11.1 Å². The highest BCUT2D eigenvalue weighted by Crippen LogP contribution is 2.26. The highest BCUT2D eigenvalue weighted by Gasteiger charge is 2.30. The molecular weight excluding hydrogens is 346 g/mol. The molecule has 4 heterocycles. The van der Waals surface area contributed by atoms with Gasteiger partial charge >= 0.3 is 0 Å². The summed E-state index contributed by atoms with van der Waals surface area (Å²) in [6, 6.07) is 1.88. The molecule has 27 heavy (non-hydrogen) atoms. The average molecular weight is 371 g/mol. The molecule has 144 valence electrons. The second-order valence-corrected chi connectivity index (χ2v) is 7.33. The Morgan fingerprint density at radius 1 is 1.26 bits per heavy atom. The highest BCUT2D eigenvalue weighted by atomic mass is 16.2. The Balaban J connectivity index is 1.41. The molecule has 1 unspecified atom stereocenters. The Morgan fingerprint density at radius 2 is 2.15 bits per heavy atom. The first-order valence-electron chi connectivity index (χ1n) is 9.53. The third kappa shape index (κ3) is 3.72. The molecule has 9 heteroatoms. The van der Waals surface area contributed by atoms with E-state index in [4.69, 9.17) is 0 Å². The van der Waals surface area contributed by atoms with Crippen LogP contribution in [0.15, 0.2) is 18.5 Å². The summed E-state index contributed by atoms with van der Waals surface area (Å²) in [5, 5.41) is 12.9. The van der Waals surface area contributed by atoms with Gasteiger partial charge in [0.15, 0.2) is 5.82 Å². The molecule has 0 N–H and O–H groups in total. The van der Waals surface area contributed by atoms with Crippen LogP contribution in [0.3, 0.4) is 0 Å². The van der Waals surface area contributed by atoms with Crippen molar-refractivity contribution in [3.05, 3.63) is 30.1 Å². The summed E-state index contributed by atoms with van der Waals surface area (Å²) in [6.07, 6.45) is 6.98. The third-order valence-electron chi connectivity index (χ3n) is 5.50. The molecule has 0 bridgehead atoms. The smallest absolute Gasteiger partial charge is 0.242 e. The summed E-state index contributed by atoms with van der Waals surface area (Å²) in [5.41, 5.74) is 0. The molecule has 2 aliphatic rings. The van der Waals surface area contributed by atoms with Gasteiger partial charge in [-0.25, -0.2) is 0 Å². The van der Waals surface area contributed by atoms with Crippen molar-refractivity contribution in [1.29, 1.82) is 0 Å². The van der Waals surface area contributed by atoms with Crippen molar-refractivity contribution in [1.82, 2.24) is 34.3 Å². The Kier molecular flexibility index (Phi) is 4.91. The lowest BCUT2D eigenvalue weighted by Gasteiger charge is -2.33. The Hall–Kier alpha value is -2.71. The van der Waals surface area contributed by atoms with E-state index in [0.717, 1.165) is 37.5 Å². The van der Waals surface area contributed by atoms with Gasteiger partial charge in [0, 0.05) is 51.4 Å². The molecule has 2 aromatic heterocycles. The molecule has 2 amide bonds. The molecule has 0 spiro atoms. The van der Waals surface area contributed by atoms with Crippen LogP contribution in [-0.2, 0) is 23.2 Å². The second-order valence-electron chi connectivity index (χ2n) is 7.33. The monoisotopic (exact) mass is 371 g/mol. The van der Waals surface area contributed by atoms with Gasteiger partial charge in [0.2, 0.25) is 11.8 Å². The molecule has 1 atom stereocenters. The van der Waals surface area contributed by atoms with Crippen LogP contribution in [0.5, 0.6) is 0 Å². The van der Waals surface area contributed by atoms with Crippen molar-refractivity contribution in [3.8, 4) is 0 Å². The molecule has 9 nitrogen and oxygen atoms in total. The lowest BCUT2D eigenvalue weighted by molar-refractivity contribution is -0.139. The number of hydrogen-bond acceptors (Lipinski definition) is 5. The summed E-state index contributed by atoms with van der Waals surface area (Å²) < 4.78 is 3.84. The van der Waals surface area contributed by atoms with Crippen LogP contribution in [0, 0.1) is 0 Å². The van der Waals surface area contributed by atoms with Crippen molar-refractivity contribution >= 4 is 11.8 Å². The van der Waals surface area contributed by atoms with E-state index in [2.05, 4.69) is 15.3 Å². The number of hydrogen-bond donors (Lipinski definition) is 0. The van der Waals surface area contributed by atoms with E-state index >= 15 is 0 Å². The van der Waals surface area contributed by atoms with Crippen molar-refractivity contribution in [2.24, 2.45) is 7.05 Å². The fraction of sp³-hybridized carbons (Fsp3) is 0.611. The summed E-state index contributed by atoms with van der Waals surface area (Å²) in [7, 11) is 1.97. The number of piperidine rings is 1. The fourth-order valence-corrected chi connectivity index (χ4v) is 3.96. The molecule has 2 fully saturated rings. The van der Waals surface area contributed by atoms with Gasteiger partial charge in [-0.05, 0) is 25.3 Å². The minimum Gasteiger partial charge on any atom is -0.340 e. The van der Waals surface area contributed by atoms with E-state index in [1.165, 1.54) is 0 Å². The van der Waals surface area contributed by atoms with Gasteiger partial charge < -0.3 is 14.4 Å². The van der Waals surface area contributed by atoms with Crippen LogP contribution in [0.2, 0.25) is 0 Å². The van der Waals surface area contributed by atoms with E-state index in [9.17, 15) is 9.59 Å². The van der Waals surface area contributed by atoms with Gasteiger partial charge in [-0.3, -0.25) is 14.3 Å². The zero-order valence-electron chi connectivity index (χ0n) is 15.6. The van der Waals surface area contributed by atoms with E-state index in [1.807, 2.05) is 33.5 Å². The van der Waals surface area contributed by atoms with Crippen LogP contribution in [0.1, 0.15) is 43.3 Å². The predicted octanol–water partition coefficient (Wildman–Crippen LogP) is 0.388. The Bertz CT molecular complexity index is 814. The minimum absolute atomic E-state index is 0.0360. The number of carbonyl (C=O) groups is 2. The zero-order chi connectivity index (χ0) is 18.8. The lowest BCUT2D eigenvalue weighted by atomic mass is 9.97. The maximum atomic E-state index is 12.7. The number of likely N-dealkylation sites (tertiary alicyclic amines) is 2. The van der Waals surface area contributed by atoms with Crippen LogP contribution in [0.25, 0.3) is 0 Å². The average Bonchev–Trinajstić information content (AvgIpc) is 3.40. The Labute approximate surface area is 157 Å². The maximum Gasteiger partial charge on any atom is 0.242 e. The summed E-state index contributed by atoms with van der Waals surface area (Å²) >= 11 is 0. The molecule has 0 aromatic carbocycles. The fourth-order valence-electron chi connectivity index (χ4n) is 3.96. The maximum absolute atomic E-state index is 12.7. The third-order valence-corrected chi connectivity index (χ3v) is 5.50. The molecule has 2 aliphatic heterocycles. The molecule has 2 saturated heterocycles. The quantitative estimate of drug-likeness (QED) is 0.758.